The van der Waals surface area contributed by atoms with Crippen molar-refractivity contribution in [1.82, 2.24) is 0 Å². The van der Waals surface area contributed by atoms with Gasteiger partial charge in [-0.05, 0) is 48.0 Å². The van der Waals surface area contributed by atoms with E-state index in [4.69, 9.17) is 0 Å². The number of ketones is 1. The lowest BCUT2D eigenvalue weighted by atomic mass is 10.0. The zero-order valence-corrected chi connectivity index (χ0v) is 11.8. The van der Waals surface area contributed by atoms with Crippen LogP contribution in [0.1, 0.15) is 26.4 Å². The summed E-state index contributed by atoms with van der Waals surface area (Å²) < 4.78 is 14.5. The van der Waals surface area contributed by atoms with Crippen molar-refractivity contribution in [2.75, 3.05) is 0 Å². The topological polar surface area (TPSA) is 17.1 Å². The molecule has 0 spiro atoms. The van der Waals surface area contributed by atoms with Crippen LogP contribution >= 0.6 is 27.3 Å². The van der Waals surface area contributed by atoms with Crippen LogP contribution in [0.2, 0.25) is 0 Å². The quantitative estimate of drug-likeness (QED) is 0.746. The molecule has 0 aliphatic carbocycles. The molecule has 1 aromatic heterocycles. The van der Waals surface area contributed by atoms with E-state index in [1.807, 2.05) is 13.8 Å². The monoisotopic (exact) mass is 312 g/mol. The standard InChI is InChI=1S/C13H10BrFOS/c1-7-3-4-11(15)10(5-7)13(16)9-6-12(14)17-8(9)2/h3-6H,1-2H3. The van der Waals surface area contributed by atoms with Gasteiger partial charge in [0.1, 0.15) is 5.82 Å². The summed E-state index contributed by atoms with van der Waals surface area (Å²) in [4.78, 5) is 13.1. The third-order valence-electron chi connectivity index (χ3n) is 2.50. The van der Waals surface area contributed by atoms with Crippen LogP contribution in [0.5, 0.6) is 0 Å². The number of carbonyl (C=O) groups excluding carboxylic acids is 1. The fourth-order valence-corrected chi connectivity index (χ4v) is 3.32. The Kier molecular flexibility index (Phi) is 3.45. The van der Waals surface area contributed by atoms with Gasteiger partial charge in [0.05, 0.1) is 9.35 Å². The Morgan fingerprint density at radius 3 is 2.53 bits per heavy atom. The third kappa shape index (κ3) is 2.48. The molecule has 0 radical (unpaired) electrons. The van der Waals surface area contributed by atoms with Gasteiger partial charge in [-0.25, -0.2) is 4.39 Å². The van der Waals surface area contributed by atoms with Gasteiger partial charge < -0.3 is 0 Å². The van der Waals surface area contributed by atoms with E-state index in [1.54, 1.807) is 18.2 Å². The van der Waals surface area contributed by atoms with Crippen molar-refractivity contribution in [3.63, 3.8) is 0 Å². The summed E-state index contributed by atoms with van der Waals surface area (Å²) in [5.74, 6) is -0.729. The summed E-state index contributed by atoms with van der Waals surface area (Å²) in [5.41, 5.74) is 1.58. The Morgan fingerprint density at radius 2 is 1.94 bits per heavy atom. The molecule has 2 rings (SSSR count). The van der Waals surface area contributed by atoms with Crippen LogP contribution in [-0.2, 0) is 0 Å². The molecule has 1 heterocycles. The van der Waals surface area contributed by atoms with Crippen molar-refractivity contribution in [3.05, 3.63) is 55.4 Å². The molecule has 1 aromatic carbocycles. The lowest BCUT2D eigenvalue weighted by Crippen LogP contribution is -2.04. The fourth-order valence-electron chi connectivity index (χ4n) is 1.63. The molecule has 0 saturated carbocycles. The second-order valence-electron chi connectivity index (χ2n) is 3.83. The van der Waals surface area contributed by atoms with E-state index in [1.165, 1.54) is 17.4 Å². The van der Waals surface area contributed by atoms with Crippen molar-refractivity contribution in [1.29, 1.82) is 0 Å². The molecule has 0 amide bonds. The maximum absolute atomic E-state index is 13.6. The minimum absolute atomic E-state index is 0.137. The number of benzene rings is 1. The first-order chi connectivity index (χ1) is 7.99. The second-order valence-corrected chi connectivity index (χ2v) is 6.47. The predicted molar refractivity (Wildman–Crippen MR) is 71.3 cm³/mol. The van der Waals surface area contributed by atoms with Crippen molar-refractivity contribution >= 4 is 33.0 Å². The number of hydrogen-bond acceptors (Lipinski definition) is 2. The summed E-state index contributed by atoms with van der Waals surface area (Å²) in [6, 6.07) is 6.31. The normalized spacial score (nSPS) is 10.6. The minimum atomic E-state index is -0.470. The van der Waals surface area contributed by atoms with Crippen molar-refractivity contribution in [3.8, 4) is 0 Å². The predicted octanol–water partition coefficient (Wildman–Crippen LogP) is 4.50. The van der Waals surface area contributed by atoms with Crippen molar-refractivity contribution in [2.45, 2.75) is 13.8 Å². The zero-order chi connectivity index (χ0) is 12.6. The molecule has 4 heteroatoms. The Balaban J connectivity index is 2.50. The zero-order valence-electron chi connectivity index (χ0n) is 9.38. The molecule has 0 unspecified atom stereocenters. The maximum atomic E-state index is 13.6. The fraction of sp³-hybridized carbons (Fsp3) is 0.154. The largest absolute Gasteiger partial charge is 0.288 e. The Hall–Kier alpha value is -1.00. The van der Waals surface area contributed by atoms with Crippen LogP contribution in [0.15, 0.2) is 28.1 Å². The van der Waals surface area contributed by atoms with Gasteiger partial charge in [0, 0.05) is 10.4 Å². The van der Waals surface area contributed by atoms with E-state index < -0.39 is 5.82 Å². The van der Waals surface area contributed by atoms with Crippen molar-refractivity contribution < 1.29 is 9.18 Å². The molecule has 0 atom stereocenters. The molecule has 17 heavy (non-hydrogen) atoms. The second kappa shape index (κ2) is 4.70. The van der Waals surface area contributed by atoms with Gasteiger partial charge in [-0.15, -0.1) is 11.3 Å². The number of hydrogen-bond donors (Lipinski definition) is 0. The molecule has 0 fully saturated rings. The third-order valence-corrected chi connectivity index (χ3v) is 4.05. The number of thiophene rings is 1. The van der Waals surface area contributed by atoms with Gasteiger partial charge >= 0.3 is 0 Å². The molecule has 0 saturated heterocycles. The van der Waals surface area contributed by atoms with E-state index in [0.29, 0.717) is 5.56 Å². The highest BCUT2D eigenvalue weighted by molar-refractivity contribution is 9.11. The van der Waals surface area contributed by atoms with Crippen molar-refractivity contribution in [2.24, 2.45) is 0 Å². The molecule has 0 aliphatic rings. The number of aryl methyl sites for hydroxylation is 2. The molecular weight excluding hydrogens is 303 g/mol. The van der Waals surface area contributed by atoms with Crippen LogP contribution in [-0.4, -0.2) is 5.78 Å². The first-order valence-electron chi connectivity index (χ1n) is 5.06. The summed E-state index contributed by atoms with van der Waals surface area (Å²) in [6.07, 6.45) is 0. The van der Waals surface area contributed by atoms with Gasteiger partial charge in [-0.2, -0.15) is 0 Å². The Morgan fingerprint density at radius 1 is 1.24 bits per heavy atom. The van der Waals surface area contributed by atoms with Gasteiger partial charge in [0.15, 0.2) is 5.78 Å². The van der Waals surface area contributed by atoms with Gasteiger partial charge in [-0.3, -0.25) is 4.79 Å². The highest BCUT2D eigenvalue weighted by Gasteiger charge is 2.18. The van der Waals surface area contributed by atoms with E-state index in [9.17, 15) is 9.18 Å². The van der Waals surface area contributed by atoms with E-state index in [-0.39, 0.29) is 11.3 Å². The summed E-state index contributed by atoms with van der Waals surface area (Å²) in [6.45, 7) is 3.70. The Labute approximate surface area is 111 Å². The molecular formula is C13H10BrFOS. The average molecular weight is 313 g/mol. The van der Waals surface area contributed by atoms with E-state index in [2.05, 4.69) is 15.9 Å². The Bertz CT molecular complexity index is 589. The van der Waals surface area contributed by atoms with E-state index in [0.717, 1.165) is 14.2 Å². The molecule has 1 nitrogen and oxygen atoms in total. The lowest BCUT2D eigenvalue weighted by Gasteiger charge is -2.03. The maximum Gasteiger partial charge on any atom is 0.197 e. The van der Waals surface area contributed by atoms with Crippen LogP contribution in [0.3, 0.4) is 0 Å². The SMILES string of the molecule is Cc1ccc(F)c(C(=O)c2cc(Br)sc2C)c1. The molecule has 0 N–H and O–H groups in total. The lowest BCUT2D eigenvalue weighted by molar-refractivity contribution is 0.103. The van der Waals surface area contributed by atoms with E-state index >= 15 is 0 Å². The molecule has 2 aromatic rings. The molecule has 0 bridgehead atoms. The van der Waals surface area contributed by atoms with Crippen LogP contribution < -0.4 is 0 Å². The number of carbonyl (C=O) groups is 1. The average Bonchev–Trinajstić information content (AvgIpc) is 2.60. The smallest absolute Gasteiger partial charge is 0.197 e. The first-order valence-corrected chi connectivity index (χ1v) is 6.67. The number of rotatable bonds is 2. The van der Waals surface area contributed by atoms with Crippen LogP contribution in [0.25, 0.3) is 0 Å². The summed E-state index contributed by atoms with van der Waals surface area (Å²) in [5, 5.41) is 0. The minimum Gasteiger partial charge on any atom is -0.288 e. The number of halogens is 2. The summed E-state index contributed by atoms with van der Waals surface area (Å²) >= 11 is 4.81. The molecule has 88 valence electrons. The van der Waals surface area contributed by atoms with Gasteiger partial charge in [0.2, 0.25) is 0 Å². The first kappa shape index (κ1) is 12.5. The van der Waals surface area contributed by atoms with Crippen LogP contribution in [0.4, 0.5) is 4.39 Å². The summed E-state index contributed by atoms with van der Waals surface area (Å²) in [7, 11) is 0. The highest BCUT2D eigenvalue weighted by Crippen LogP contribution is 2.28. The van der Waals surface area contributed by atoms with Crippen LogP contribution in [0, 0.1) is 19.7 Å². The highest BCUT2D eigenvalue weighted by atomic mass is 79.9. The van der Waals surface area contributed by atoms with Gasteiger partial charge in [-0.1, -0.05) is 11.6 Å². The molecule has 0 aliphatic heterocycles. The van der Waals surface area contributed by atoms with Gasteiger partial charge in [0.25, 0.3) is 0 Å².